The van der Waals surface area contributed by atoms with Gasteiger partial charge in [0.15, 0.2) is 0 Å². The van der Waals surface area contributed by atoms with Crippen molar-refractivity contribution in [2.24, 2.45) is 5.92 Å². The molecule has 0 spiro atoms. The number of fused-ring (bicyclic) bond motifs is 2. The highest BCUT2D eigenvalue weighted by Gasteiger charge is 2.31. The number of piperidine rings is 1. The molecular weight excluding hydrogens is 518 g/mol. The number of carbonyl (C=O) groups excluding carboxylic acids is 2. The summed E-state index contributed by atoms with van der Waals surface area (Å²) in [6.07, 6.45) is 7.58. The fraction of sp³-hybridized carbons (Fsp3) is 0.500. The van der Waals surface area contributed by atoms with Crippen LogP contribution < -0.4 is 0 Å². The van der Waals surface area contributed by atoms with Crippen molar-refractivity contribution in [3.8, 4) is 11.4 Å². The van der Waals surface area contributed by atoms with Gasteiger partial charge in [-0.3, -0.25) is 4.98 Å². The van der Waals surface area contributed by atoms with E-state index in [1.807, 2.05) is 37.9 Å². The van der Waals surface area contributed by atoms with Gasteiger partial charge < -0.3 is 18.9 Å². The highest BCUT2D eigenvalue weighted by Crippen LogP contribution is 2.40. The maximum absolute atomic E-state index is 12.7. The van der Waals surface area contributed by atoms with Crippen LogP contribution in [0.15, 0.2) is 36.7 Å². The molecule has 1 saturated heterocycles. The maximum atomic E-state index is 12.7. The third kappa shape index (κ3) is 5.42. The number of aromatic nitrogens is 4. The minimum absolute atomic E-state index is 0.241. The van der Waals surface area contributed by atoms with Crippen molar-refractivity contribution in [1.29, 1.82) is 0 Å². The summed E-state index contributed by atoms with van der Waals surface area (Å²) < 4.78 is 15.0. The Labute approximate surface area is 240 Å². The van der Waals surface area contributed by atoms with Crippen molar-refractivity contribution >= 4 is 28.5 Å². The first-order chi connectivity index (χ1) is 19.6. The molecule has 2 aliphatic rings. The third-order valence-corrected chi connectivity index (χ3v) is 8.14. The molecule has 1 saturated carbocycles. The van der Waals surface area contributed by atoms with Crippen LogP contribution in [-0.4, -0.2) is 61.4 Å². The zero-order valence-corrected chi connectivity index (χ0v) is 24.6. The Morgan fingerprint density at radius 2 is 1.83 bits per heavy atom. The second-order valence-corrected chi connectivity index (χ2v) is 12.4. The molecule has 0 unspecified atom stereocenters. The summed E-state index contributed by atoms with van der Waals surface area (Å²) in [5, 5.41) is 6.14. The first-order valence-corrected chi connectivity index (χ1v) is 14.8. The molecule has 216 valence electrons. The summed E-state index contributed by atoms with van der Waals surface area (Å²) >= 11 is 0. The molecule has 2 fully saturated rings. The van der Waals surface area contributed by atoms with Crippen LogP contribution in [0.1, 0.15) is 80.9 Å². The lowest BCUT2D eigenvalue weighted by Crippen LogP contribution is -2.41. The predicted octanol–water partition coefficient (Wildman–Crippen LogP) is 6.36. The van der Waals surface area contributed by atoms with Crippen molar-refractivity contribution in [1.82, 2.24) is 24.1 Å². The van der Waals surface area contributed by atoms with Gasteiger partial charge in [0.1, 0.15) is 11.3 Å². The molecule has 4 aromatic heterocycles. The fourth-order valence-electron chi connectivity index (χ4n) is 5.90. The topological polar surface area (TPSA) is 91.0 Å². The van der Waals surface area contributed by atoms with Gasteiger partial charge in [-0.15, -0.1) is 0 Å². The summed E-state index contributed by atoms with van der Waals surface area (Å²) in [5.41, 5.74) is 6.27. The average molecular weight is 558 g/mol. The lowest BCUT2D eigenvalue weighted by Gasteiger charge is -2.33. The molecule has 0 bridgehead atoms. The van der Waals surface area contributed by atoms with Crippen LogP contribution in [-0.2, 0) is 16.0 Å². The van der Waals surface area contributed by atoms with Crippen LogP contribution in [0.4, 0.5) is 4.79 Å². The lowest BCUT2D eigenvalue weighted by atomic mass is 9.92. The van der Waals surface area contributed by atoms with E-state index in [2.05, 4.69) is 23.6 Å². The smallest absolute Gasteiger partial charge is 0.410 e. The van der Waals surface area contributed by atoms with Crippen LogP contribution in [0, 0.1) is 12.8 Å². The van der Waals surface area contributed by atoms with Gasteiger partial charge in [0.25, 0.3) is 0 Å². The Morgan fingerprint density at radius 3 is 2.51 bits per heavy atom. The second kappa shape index (κ2) is 10.5. The summed E-state index contributed by atoms with van der Waals surface area (Å²) in [5.74, 6) is 0.562. The molecule has 0 N–H and O–H groups in total. The third-order valence-electron chi connectivity index (χ3n) is 8.14. The molecule has 9 heteroatoms. The molecular formula is C32H39N5O4. The number of ether oxygens (including phenoxy) is 2. The number of aryl methyl sites for hydroxylation is 1. The molecule has 0 aromatic carbocycles. The number of rotatable bonds is 6. The van der Waals surface area contributed by atoms with Crippen molar-refractivity contribution in [2.45, 2.75) is 78.4 Å². The molecule has 6 rings (SSSR count). The van der Waals surface area contributed by atoms with E-state index in [1.54, 1.807) is 23.7 Å². The zero-order valence-electron chi connectivity index (χ0n) is 24.6. The van der Waals surface area contributed by atoms with Gasteiger partial charge in [0.05, 0.1) is 34.6 Å². The minimum Gasteiger partial charge on any atom is -0.462 e. The number of pyridine rings is 2. The average Bonchev–Trinajstić information content (AvgIpc) is 3.61. The number of hydrogen-bond donors (Lipinski definition) is 0. The summed E-state index contributed by atoms with van der Waals surface area (Å²) in [4.78, 5) is 31.8. The summed E-state index contributed by atoms with van der Waals surface area (Å²) in [7, 11) is 0. The van der Waals surface area contributed by atoms with Crippen molar-refractivity contribution in [3.05, 3.63) is 53.5 Å². The Balaban J connectivity index is 1.37. The van der Waals surface area contributed by atoms with Crippen LogP contribution in [0.5, 0.6) is 0 Å². The van der Waals surface area contributed by atoms with E-state index < -0.39 is 5.60 Å². The zero-order chi connectivity index (χ0) is 28.9. The van der Waals surface area contributed by atoms with Crippen molar-refractivity contribution < 1.29 is 19.1 Å². The number of carbonyl (C=O) groups is 2. The Bertz CT molecular complexity index is 1620. The SMILES string of the molecule is CCOC(=O)c1ccc2c(C)c(-c3cc4ccnc(C5CCN(C(=O)OC(C)(C)C)CC5)c4n3CC3CC3)nn2c1. The van der Waals surface area contributed by atoms with Gasteiger partial charge in [-0.2, -0.15) is 5.10 Å². The van der Waals surface area contributed by atoms with Crippen molar-refractivity contribution in [2.75, 3.05) is 19.7 Å². The van der Waals surface area contributed by atoms with Crippen LogP contribution in [0.2, 0.25) is 0 Å². The van der Waals surface area contributed by atoms with Gasteiger partial charge in [-0.1, -0.05) is 0 Å². The predicted molar refractivity (Wildman–Crippen MR) is 157 cm³/mol. The highest BCUT2D eigenvalue weighted by atomic mass is 16.6. The van der Waals surface area contributed by atoms with Gasteiger partial charge >= 0.3 is 12.1 Å². The number of esters is 1. The second-order valence-electron chi connectivity index (χ2n) is 12.4. The normalized spacial score (nSPS) is 16.5. The molecule has 9 nitrogen and oxygen atoms in total. The summed E-state index contributed by atoms with van der Waals surface area (Å²) in [6.45, 7) is 12.2. The van der Waals surface area contributed by atoms with E-state index in [0.717, 1.165) is 52.9 Å². The maximum Gasteiger partial charge on any atom is 0.410 e. The van der Waals surface area contributed by atoms with Crippen molar-refractivity contribution in [3.63, 3.8) is 0 Å². The Kier molecular flexibility index (Phi) is 6.99. The summed E-state index contributed by atoms with van der Waals surface area (Å²) in [6, 6.07) is 8.07. The Hall–Kier alpha value is -3.88. The molecule has 0 radical (unpaired) electrons. The van der Waals surface area contributed by atoms with Gasteiger partial charge in [0, 0.05) is 48.9 Å². The lowest BCUT2D eigenvalue weighted by molar-refractivity contribution is 0.0204. The van der Waals surface area contributed by atoms with Gasteiger partial charge in [-0.25, -0.2) is 14.1 Å². The number of nitrogens with zero attached hydrogens (tertiary/aromatic N) is 5. The highest BCUT2D eigenvalue weighted by molar-refractivity contribution is 5.91. The first kappa shape index (κ1) is 27.3. The van der Waals surface area contributed by atoms with Gasteiger partial charge in [-0.05, 0) is 90.5 Å². The largest absolute Gasteiger partial charge is 0.462 e. The Morgan fingerprint density at radius 1 is 1.07 bits per heavy atom. The van der Waals surface area contributed by atoms with Gasteiger partial charge in [0.2, 0.25) is 0 Å². The number of amides is 1. The van der Waals surface area contributed by atoms with E-state index in [9.17, 15) is 9.59 Å². The molecule has 41 heavy (non-hydrogen) atoms. The van der Waals surface area contributed by atoms with Crippen LogP contribution in [0.25, 0.3) is 27.8 Å². The first-order valence-electron chi connectivity index (χ1n) is 14.8. The van der Waals surface area contributed by atoms with Crippen LogP contribution >= 0.6 is 0 Å². The monoisotopic (exact) mass is 557 g/mol. The fourth-order valence-corrected chi connectivity index (χ4v) is 5.90. The molecule has 1 aliphatic heterocycles. The van der Waals surface area contributed by atoms with Crippen LogP contribution in [0.3, 0.4) is 0 Å². The molecule has 1 amide bonds. The van der Waals surface area contributed by atoms with E-state index in [4.69, 9.17) is 19.6 Å². The molecule has 0 atom stereocenters. The van der Waals surface area contributed by atoms with E-state index in [1.165, 1.54) is 18.4 Å². The quantitative estimate of drug-likeness (QED) is 0.256. The minimum atomic E-state index is -0.502. The van der Waals surface area contributed by atoms with E-state index in [0.29, 0.717) is 31.2 Å². The molecule has 5 heterocycles. The van der Waals surface area contributed by atoms with E-state index in [-0.39, 0.29) is 18.0 Å². The molecule has 4 aromatic rings. The van der Waals surface area contributed by atoms with E-state index >= 15 is 0 Å². The number of hydrogen-bond acceptors (Lipinski definition) is 6. The standard InChI is InChI=1S/C32H39N5O4/c1-6-40-30(38)24-9-10-25-20(2)27(34-37(25)19-24)26-17-23-11-14-33-28(29(23)36(26)18-21-7-8-21)22-12-15-35(16-13-22)31(39)41-32(3,4)5/h9-11,14,17,19,21-22H,6-8,12-13,15-16,18H2,1-5H3. The molecule has 1 aliphatic carbocycles. The number of likely N-dealkylation sites (tertiary alicyclic amines) is 1.